The molecule has 1 aliphatic carbocycles. The van der Waals surface area contributed by atoms with Crippen molar-refractivity contribution in [1.82, 2.24) is 24.2 Å². The van der Waals surface area contributed by atoms with Gasteiger partial charge >= 0.3 is 6.18 Å². The summed E-state index contributed by atoms with van der Waals surface area (Å²) in [4.78, 5) is 23.7. The number of alkyl halides is 3. The quantitative estimate of drug-likeness (QED) is 0.209. The van der Waals surface area contributed by atoms with Gasteiger partial charge < -0.3 is 10.6 Å². The van der Waals surface area contributed by atoms with E-state index in [4.69, 9.17) is 4.98 Å². The maximum atomic E-state index is 14.6. The van der Waals surface area contributed by atoms with Crippen molar-refractivity contribution in [3.63, 3.8) is 0 Å². The molecule has 2 saturated heterocycles. The summed E-state index contributed by atoms with van der Waals surface area (Å²) in [6, 6.07) is 13.6. The first-order valence-corrected chi connectivity index (χ1v) is 18.5. The highest BCUT2D eigenvalue weighted by molar-refractivity contribution is 7.81. The molecule has 2 N–H and O–H groups in total. The first-order chi connectivity index (χ1) is 23.2. The molecule has 8 nitrogen and oxygen atoms in total. The summed E-state index contributed by atoms with van der Waals surface area (Å²) in [5.41, 5.74) is 1.51. The second-order valence-corrected chi connectivity index (χ2v) is 14.7. The van der Waals surface area contributed by atoms with E-state index in [2.05, 4.69) is 27.8 Å². The average molecular weight is 679 g/mol. The van der Waals surface area contributed by atoms with Crippen molar-refractivity contribution in [3.05, 3.63) is 81.8 Å². The summed E-state index contributed by atoms with van der Waals surface area (Å²) in [6.45, 7) is 1.74. The zero-order valence-corrected chi connectivity index (χ0v) is 27.9. The molecule has 1 saturated carbocycles. The van der Waals surface area contributed by atoms with Crippen molar-refractivity contribution in [2.75, 3.05) is 31.2 Å². The summed E-state index contributed by atoms with van der Waals surface area (Å²) in [5.74, 6) is 0.878. The number of aromatic nitrogens is 3. The molecule has 0 amide bonds. The van der Waals surface area contributed by atoms with Gasteiger partial charge in [0.15, 0.2) is 0 Å². The highest BCUT2D eigenvalue weighted by Gasteiger charge is 2.36. The summed E-state index contributed by atoms with van der Waals surface area (Å²) in [5, 5.41) is 7.01. The van der Waals surface area contributed by atoms with E-state index in [1.807, 2.05) is 16.4 Å². The molecule has 2 aliphatic heterocycles. The lowest BCUT2D eigenvalue weighted by atomic mass is 9.84. The molecule has 2 atom stereocenters. The van der Waals surface area contributed by atoms with Gasteiger partial charge in [0.25, 0.3) is 5.56 Å². The number of pyridine rings is 1. The lowest BCUT2D eigenvalue weighted by Gasteiger charge is -2.31. The minimum atomic E-state index is -4.66. The molecule has 0 radical (unpaired) electrons. The summed E-state index contributed by atoms with van der Waals surface area (Å²) in [6.07, 6.45) is 7.44. The second-order valence-electron chi connectivity index (χ2n) is 13.3. The Hall–Kier alpha value is -3.61. The molecule has 2 unspecified atom stereocenters. The lowest BCUT2D eigenvalue weighted by molar-refractivity contribution is -0.137. The van der Waals surface area contributed by atoms with Gasteiger partial charge in [-0.25, -0.2) is 13.5 Å². The van der Waals surface area contributed by atoms with Crippen LogP contribution < -0.4 is 16.2 Å². The fourth-order valence-electron chi connectivity index (χ4n) is 7.69. The molecular weight excluding hydrogens is 637 g/mol. The molecule has 3 fully saturated rings. The van der Waals surface area contributed by atoms with Gasteiger partial charge in [-0.3, -0.25) is 9.36 Å². The molecule has 7 rings (SSSR count). The Morgan fingerprint density at radius 2 is 1.62 bits per heavy atom. The summed E-state index contributed by atoms with van der Waals surface area (Å²) in [7, 11) is -1.16. The highest BCUT2D eigenvalue weighted by atomic mass is 32.2. The Balaban J connectivity index is 1.29. The largest absolute Gasteiger partial charge is 0.417 e. The van der Waals surface area contributed by atoms with E-state index in [9.17, 15) is 22.2 Å². The summed E-state index contributed by atoms with van der Waals surface area (Å²) >= 11 is 0. The minimum absolute atomic E-state index is 0.0372. The monoisotopic (exact) mass is 678 g/mol. The van der Waals surface area contributed by atoms with Crippen molar-refractivity contribution in [1.29, 1.82) is 0 Å². The van der Waals surface area contributed by atoms with E-state index < -0.39 is 28.3 Å². The van der Waals surface area contributed by atoms with Gasteiger partial charge in [-0.2, -0.15) is 18.2 Å². The van der Waals surface area contributed by atoms with Crippen LogP contribution in [0, 0.1) is 0 Å². The number of halogens is 3. The van der Waals surface area contributed by atoms with Gasteiger partial charge in [-0.1, -0.05) is 43.5 Å². The molecule has 48 heavy (non-hydrogen) atoms. The number of piperidine rings is 1. The Kier molecular flexibility index (Phi) is 9.41. The van der Waals surface area contributed by atoms with E-state index in [1.165, 1.54) is 55.9 Å². The number of hydrogen-bond donors (Lipinski definition) is 2. The first-order valence-electron chi connectivity index (χ1n) is 17.0. The standard InChI is InChI=1S/C36H41F3N6O2S/c1-48(47)44-18-15-28(16-19-44)45-33-26(22-41-35(43-33)42-27-12-9-24(10-13-27)23-6-3-2-4-7-23)20-30(34(45)46)29-14-11-25(32-8-5-17-40-32)21-31(29)36(37,38)39/h9-14,20-23,28,32,40H,2-8,15-19H2,1H3,(H,41,42,43). The van der Waals surface area contributed by atoms with Crippen LogP contribution in [-0.4, -0.2) is 48.9 Å². The van der Waals surface area contributed by atoms with Gasteiger partial charge in [0.05, 0.1) is 16.5 Å². The molecule has 12 heteroatoms. The highest BCUT2D eigenvalue weighted by Crippen LogP contribution is 2.40. The number of fused-ring (bicyclic) bond motifs is 1. The summed E-state index contributed by atoms with van der Waals surface area (Å²) < 4.78 is 59.4. The number of nitrogens with zero attached hydrogens (tertiary/aromatic N) is 4. The number of hydrogen-bond acceptors (Lipinski definition) is 6. The van der Waals surface area contributed by atoms with Crippen LogP contribution in [0.5, 0.6) is 0 Å². The van der Waals surface area contributed by atoms with Gasteiger partial charge in [0, 0.05) is 54.3 Å². The SMILES string of the molecule is CS(=O)N1CCC(n2c(=O)c(-c3ccc(C4CCCN4)cc3C(F)(F)F)cc3cnc(Nc4ccc(C5CCCCC5)cc4)nc32)CC1. The number of benzene rings is 2. The third-order valence-corrected chi connectivity index (χ3v) is 11.4. The van der Waals surface area contributed by atoms with Gasteiger partial charge in [0.1, 0.15) is 5.65 Å². The number of rotatable bonds is 7. The number of nitrogens with one attached hydrogen (secondary N) is 2. The molecule has 4 heterocycles. The van der Waals surface area contributed by atoms with Crippen LogP contribution in [0.4, 0.5) is 24.8 Å². The zero-order chi connectivity index (χ0) is 33.4. The van der Waals surface area contributed by atoms with Crippen molar-refractivity contribution in [2.45, 2.75) is 82.0 Å². The van der Waals surface area contributed by atoms with Crippen LogP contribution in [-0.2, 0) is 17.2 Å². The molecule has 254 valence electrons. The maximum absolute atomic E-state index is 14.6. The van der Waals surface area contributed by atoms with Gasteiger partial charge in [0.2, 0.25) is 5.95 Å². The second kappa shape index (κ2) is 13.7. The zero-order valence-electron chi connectivity index (χ0n) is 27.1. The Bertz CT molecular complexity index is 1860. The Morgan fingerprint density at radius 1 is 0.896 bits per heavy atom. The van der Waals surface area contributed by atoms with Crippen LogP contribution in [0.15, 0.2) is 59.5 Å². The van der Waals surface area contributed by atoms with Crippen LogP contribution in [0.25, 0.3) is 22.2 Å². The van der Waals surface area contributed by atoms with Crippen molar-refractivity contribution >= 4 is 33.7 Å². The molecule has 2 aromatic carbocycles. The fraction of sp³-hybridized carbons (Fsp3) is 0.472. The van der Waals surface area contributed by atoms with Crippen LogP contribution in [0.2, 0.25) is 0 Å². The number of anilines is 2. The topological polar surface area (TPSA) is 92.2 Å². The molecular formula is C36H41F3N6O2S. The smallest absolute Gasteiger partial charge is 0.324 e. The van der Waals surface area contributed by atoms with Crippen LogP contribution >= 0.6 is 0 Å². The third-order valence-electron chi connectivity index (χ3n) is 10.3. The molecule has 3 aliphatic rings. The predicted octanol–water partition coefficient (Wildman–Crippen LogP) is 7.62. The Morgan fingerprint density at radius 3 is 2.29 bits per heavy atom. The van der Waals surface area contributed by atoms with Crippen molar-refractivity contribution < 1.29 is 17.4 Å². The van der Waals surface area contributed by atoms with E-state index in [0.29, 0.717) is 54.4 Å². The predicted molar refractivity (Wildman–Crippen MR) is 184 cm³/mol. The third kappa shape index (κ3) is 6.79. The van der Waals surface area contributed by atoms with Crippen molar-refractivity contribution in [2.24, 2.45) is 0 Å². The van der Waals surface area contributed by atoms with Crippen LogP contribution in [0.3, 0.4) is 0 Å². The van der Waals surface area contributed by atoms with Crippen molar-refractivity contribution in [3.8, 4) is 11.1 Å². The molecule has 0 spiro atoms. The molecule has 0 bridgehead atoms. The van der Waals surface area contributed by atoms with E-state index in [1.54, 1.807) is 23.1 Å². The van der Waals surface area contributed by atoms with E-state index in [-0.39, 0.29) is 23.2 Å². The van der Waals surface area contributed by atoms with E-state index >= 15 is 0 Å². The van der Waals surface area contributed by atoms with Crippen LogP contribution in [0.1, 0.15) is 92.5 Å². The van der Waals surface area contributed by atoms with Gasteiger partial charge in [-0.05, 0) is 91.9 Å². The first kappa shape index (κ1) is 32.9. The van der Waals surface area contributed by atoms with Gasteiger partial charge in [-0.15, -0.1) is 0 Å². The Labute approximate surface area is 280 Å². The fourth-order valence-corrected chi connectivity index (χ4v) is 8.42. The molecule has 4 aromatic rings. The minimum Gasteiger partial charge on any atom is -0.324 e. The van der Waals surface area contributed by atoms with E-state index in [0.717, 1.165) is 25.1 Å². The average Bonchev–Trinajstić information content (AvgIpc) is 3.64. The maximum Gasteiger partial charge on any atom is 0.417 e. The molecule has 2 aromatic heterocycles. The lowest BCUT2D eigenvalue weighted by Crippen LogP contribution is -2.38. The normalized spacial score (nSPS) is 20.7.